The highest BCUT2D eigenvalue weighted by atomic mass is 35.5. The van der Waals surface area contributed by atoms with Crippen LogP contribution in [0.2, 0.25) is 0 Å². The Morgan fingerprint density at radius 3 is 2.14 bits per heavy atom. The van der Waals surface area contributed by atoms with Gasteiger partial charge in [-0.3, -0.25) is 0 Å². The van der Waals surface area contributed by atoms with Crippen LogP contribution in [-0.2, 0) is 0 Å². The average molecular weight is 218 g/mol. The van der Waals surface area contributed by atoms with E-state index in [-0.39, 0.29) is 6.01 Å². The Hall–Kier alpha value is -1.30. The molecule has 0 amide bonds. The molecule has 0 spiro atoms. The van der Waals surface area contributed by atoms with Gasteiger partial charge in [0.15, 0.2) is 0 Å². The van der Waals surface area contributed by atoms with Gasteiger partial charge in [-0.2, -0.15) is 15.0 Å². The van der Waals surface area contributed by atoms with Gasteiger partial charge in [0.25, 0.3) is 0 Å². The zero-order valence-corrected chi connectivity index (χ0v) is 8.80. The van der Waals surface area contributed by atoms with Gasteiger partial charge < -0.3 is 15.4 Å². The van der Waals surface area contributed by atoms with Gasteiger partial charge in [0.1, 0.15) is 6.61 Å². The second-order valence-corrected chi connectivity index (χ2v) is 2.68. The first-order chi connectivity index (χ1) is 6.80. The van der Waals surface area contributed by atoms with Crippen molar-refractivity contribution >= 4 is 23.5 Å². The molecule has 0 bridgehead atoms. The second-order valence-electron chi connectivity index (χ2n) is 2.30. The van der Waals surface area contributed by atoms with Crippen LogP contribution in [-0.4, -0.2) is 41.5 Å². The third kappa shape index (κ3) is 2.88. The molecular formula is C7H12ClN5O. The minimum absolute atomic E-state index is 0.259. The highest BCUT2D eigenvalue weighted by molar-refractivity contribution is 6.17. The summed E-state index contributed by atoms with van der Waals surface area (Å²) >= 11 is 5.47. The van der Waals surface area contributed by atoms with Crippen LogP contribution in [0.25, 0.3) is 0 Å². The quantitative estimate of drug-likeness (QED) is 0.703. The topological polar surface area (TPSA) is 72.0 Å². The van der Waals surface area contributed by atoms with E-state index in [0.29, 0.717) is 24.4 Å². The maximum Gasteiger partial charge on any atom is 0.323 e. The van der Waals surface area contributed by atoms with Crippen LogP contribution in [0, 0.1) is 0 Å². The summed E-state index contributed by atoms with van der Waals surface area (Å²) in [6.45, 7) is 0.373. The molecule has 2 N–H and O–H groups in total. The van der Waals surface area contributed by atoms with Crippen molar-refractivity contribution in [1.29, 1.82) is 0 Å². The summed E-state index contributed by atoms with van der Waals surface area (Å²) in [5.41, 5.74) is 0. The summed E-state index contributed by atoms with van der Waals surface area (Å²) in [4.78, 5) is 12.0. The summed E-state index contributed by atoms with van der Waals surface area (Å²) < 4.78 is 5.17. The average Bonchev–Trinajstić information content (AvgIpc) is 2.25. The lowest BCUT2D eigenvalue weighted by atomic mass is 10.8. The van der Waals surface area contributed by atoms with Gasteiger partial charge in [0, 0.05) is 14.1 Å². The van der Waals surface area contributed by atoms with Crippen LogP contribution in [0.5, 0.6) is 6.01 Å². The van der Waals surface area contributed by atoms with Gasteiger partial charge in [0.05, 0.1) is 5.88 Å². The molecule has 0 aliphatic rings. The zero-order chi connectivity index (χ0) is 10.4. The number of nitrogens with zero attached hydrogens (tertiary/aromatic N) is 3. The molecule has 6 nitrogen and oxygen atoms in total. The fourth-order valence-corrected chi connectivity index (χ4v) is 0.852. The molecule has 78 valence electrons. The molecule has 0 fully saturated rings. The van der Waals surface area contributed by atoms with Crippen molar-refractivity contribution in [3.63, 3.8) is 0 Å². The third-order valence-electron chi connectivity index (χ3n) is 1.37. The molecule has 0 atom stereocenters. The fraction of sp³-hybridized carbons (Fsp3) is 0.571. The summed E-state index contributed by atoms with van der Waals surface area (Å²) in [5.74, 6) is 1.30. The molecule has 14 heavy (non-hydrogen) atoms. The number of anilines is 2. The van der Waals surface area contributed by atoms with E-state index in [1.165, 1.54) is 0 Å². The first-order valence-electron chi connectivity index (χ1n) is 4.10. The Kier molecular flexibility index (Phi) is 4.18. The van der Waals surface area contributed by atoms with Crippen molar-refractivity contribution in [2.75, 3.05) is 37.2 Å². The lowest BCUT2D eigenvalue weighted by Crippen LogP contribution is -2.08. The lowest BCUT2D eigenvalue weighted by molar-refractivity contribution is 0.315. The molecule has 1 heterocycles. The Balaban J connectivity index is 2.81. The van der Waals surface area contributed by atoms with Gasteiger partial charge >= 0.3 is 6.01 Å². The smallest absolute Gasteiger partial charge is 0.323 e. The maximum absolute atomic E-state index is 5.47. The zero-order valence-electron chi connectivity index (χ0n) is 8.04. The normalized spacial score (nSPS) is 9.64. The third-order valence-corrected chi connectivity index (χ3v) is 1.52. The number of hydrogen-bond donors (Lipinski definition) is 2. The Morgan fingerprint density at radius 2 is 1.71 bits per heavy atom. The van der Waals surface area contributed by atoms with E-state index < -0.39 is 0 Å². The predicted molar refractivity (Wildman–Crippen MR) is 55.1 cm³/mol. The number of ether oxygens (including phenoxy) is 1. The molecule has 7 heteroatoms. The number of halogens is 1. The molecule has 0 aromatic carbocycles. The van der Waals surface area contributed by atoms with Crippen molar-refractivity contribution in [3.8, 4) is 6.01 Å². The lowest BCUT2D eigenvalue weighted by Gasteiger charge is -2.05. The van der Waals surface area contributed by atoms with E-state index in [2.05, 4.69) is 25.6 Å². The first kappa shape index (κ1) is 10.8. The number of aromatic nitrogens is 3. The van der Waals surface area contributed by atoms with Gasteiger partial charge in [-0.15, -0.1) is 11.6 Å². The van der Waals surface area contributed by atoms with E-state index in [1.54, 1.807) is 14.1 Å². The standard InChI is InChI=1S/C7H12ClN5O/c1-9-5-11-6(10-2)13-7(12-5)14-4-3-8/h3-4H2,1-2H3,(H2,9,10,11,12,13). The minimum atomic E-state index is 0.259. The summed E-state index contributed by atoms with van der Waals surface area (Å²) in [7, 11) is 3.44. The second kappa shape index (κ2) is 5.43. The molecular weight excluding hydrogens is 206 g/mol. The molecule has 1 rings (SSSR count). The van der Waals surface area contributed by atoms with Crippen LogP contribution in [0.4, 0.5) is 11.9 Å². The number of alkyl halides is 1. The molecule has 1 aromatic heterocycles. The van der Waals surface area contributed by atoms with Gasteiger partial charge in [0.2, 0.25) is 11.9 Å². The Morgan fingerprint density at radius 1 is 1.14 bits per heavy atom. The monoisotopic (exact) mass is 217 g/mol. The van der Waals surface area contributed by atoms with Crippen LogP contribution >= 0.6 is 11.6 Å². The summed E-state index contributed by atoms with van der Waals surface area (Å²) in [6.07, 6.45) is 0. The SMILES string of the molecule is CNc1nc(NC)nc(OCCCl)n1. The Bertz CT molecular complexity index is 273. The number of hydrogen-bond acceptors (Lipinski definition) is 6. The van der Waals surface area contributed by atoms with Crippen LogP contribution in [0.1, 0.15) is 0 Å². The van der Waals surface area contributed by atoms with E-state index >= 15 is 0 Å². The Labute approximate surface area is 87.1 Å². The van der Waals surface area contributed by atoms with Crippen molar-refractivity contribution in [1.82, 2.24) is 15.0 Å². The van der Waals surface area contributed by atoms with E-state index in [1.807, 2.05) is 0 Å². The van der Waals surface area contributed by atoms with Crippen LogP contribution < -0.4 is 15.4 Å². The van der Waals surface area contributed by atoms with E-state index in [9.17, 15) is 0 Å². The van der Waals surface area contributed by atoms with Gasteiger partial charge in [-0.1, -0.05) is 0 Å². The number of nitrogens with one attached hydrogen (secondary N) is 2. The highest BCUT2D eigenvalue weighted by Gasteiger charge is 2.04. The van der Waals surface area contributed by atoms with Crippen molar-refractivity contribution in [3.05, 3.63) is 0 Å². The molecule has 0 saturated carbocycles. The maximum atomic E-state index is 5.47. The first-order valence-corrected chi connectivity index (χ1v) is 4.64. The largest absolute Gasteiger partial charge is 0.462 e. The highest BCUT2D eigenvalue weighted by Crippen LogP contribution is 2.09. The van der Waals surface area contributed by atoms with E-state index in [0.717, 1.165) is 0 Å². The molecule has 0 radical (unpaired) electrons. The summed E-state index contributed by atoms with van der Waals surface area (Å²) in [5, 5.41) is 5.61. The van der Waals surface area contributed by atoms with Crippen molar-refractivity contribution in [2.45, 2.75) is 0 Å². The van der Waals surface area contributed by atoms with Crippen molar-refractivity contribution < 1.29 is 4.74 Å². The van der Waals surface area contributed by atoms with Gasteiger partial charge in [-0.25, -0.2) is 0 Å². The molecule has 0 unspecified atom stereocenters. The molecule has 1 aromatic rings. The minimum Gasteiger partial charge on any atom is -0.462 e. The predicted octanol–water partition coefficient (Wildman–Crippen LogP) is 0.573. The van der Waals surface area contributed by atoms with Gasteiger partial charge in [-0.05, 0) is 0 Å². The van der Waals surface area contributed by atoms with Crippen molar-refractivity contribution in [2.24, 2.45) is 0 Å². The number of rotatable bonds is 5. The summed E-state index contributed by atoms with van der Waals surface area (Å²) in [6, 6.07) is 0.259. The van der Waals surface area contributed by atoms with Crippen LogP contribution in [0.15, 0.2) is 0 Å². The van der Waals surface area contributed by atoms with Crippen LogP contribution in [0.3, 0.4) is 0 Å². The molecule has 0 aliphatic carbocycles. The van der Waals surface area contributed by atoms with E-state index in [4.69, 9.17) is 16.3 Å². The molecule has 0 saturated heterocycles. The molecule has 0 aliphatic heterocycles. The fourth-order valence-electron chi connectivity index (χ4n) is 0.775.